The fraction of sp³-hybridized carbons (Fsp3) is 0.483. The molecule has 36 heavy (non-hydrogen) atoms. The van der Waals surface area contributed by atoms with Gasteiger partial charge in [-0.05, 0) is 76.9 Å². The smallest absolute Gasteiger partial charge is 0.241 e. The molecule has 1 saturated heterocycles. The number of anilines is 2. The van der Waals surface area contributed by atoms with Crippen molar-refractivity contribution in [2.75, 3.05) is 29.4 Å². The Morgan fingerprint density at radius 3 is 2.25 bits per heavy atom. The summed E-state index contributed by atoms with van der Waals surface area (Å²) in [4.78, 5) is 44.4. The van der Waals surface area contributed by atoms with Crippen LogP contribution in [0, 0.1) is 19.8 Å². The van der Waals surface area contributed by atoms with Gasteiger partial charge in [0, 0.05) is 29.8 Å². The summed E-state index contributed by atoms with van der Waals surface area (Å²) in [6.07, 6.45) is 2.46. The molecule has 0 radical (unpaired) electrons. The van der Waals surface area contributed by atoms with Crippen molar-refractivity contribution >= 4 is 29.1 Å². The van der Waals surface area contributed by atoms with E-state index < -0.39 is 0 Å². The molecule has 0 spiro atoms. The lowest BCUT2D eigenvalue weighted by molar-refractivity contribution is -0.123. The van der Waals surface area contributed by atoms with E-state index >= 15 is 0 Å². The van der Waals surface area contributed by atoms with Gasteiger partial charge in [0.25, 0.3) is 0 Å². The van der Waals surface area contributed by atoms with Gasteiger partial charge in [-0.2, -0.15) is 0 Å². The van der Waals surface area contributed by atoms with Crippen molar-refractivity contribution in [1.82, 2.24) is 4.90 Å². The van der Waals surface area contributed by atoms with Crippen LogP contribution in [-0.2, 0) is 14.4 Å². The number of nitrogens with two attached hydrogens (primary N) is 1. The summed E-state index contributed by atoms with van der Waals surface area (Å²) < 4.78 is 0. The summed E-state index contributed by atoms with van der Waals surface area (Å²) in [5.41, 5.74) is 10.5. The Bertz CT molecular complexity index is 1120. The Balaban J connectivity index is 1.70. The van der Waals surface area contributed by atoms with Crippen LogP contribution in [-0.4, -0.2) is 48.3 Å². The molecule has 0 saturated carbocycles. The molecule has 2 heterocycles. The maximum absolute atomic E-state index is 14.0. The molecule has 7 nitrogen and oxygen atoms in total. The van der Waals surface area contributed by atoms with E-state index in [1.807, 2.05) is 67.0 Å². The van der Waals surface area contributed by atoms with Crippen molar-refractivity contribution in [2.24, 2.45) is 11.7 Å². The molecule has 0 aliphatic carbocycles. The Hall–Kier alpha value is -3.19. The zero-order valence-electron chi connectivity index (χ0n) is 21.9. The largest absolute Gasteiger partial charge is 0.369 e. The van der Waals surface area contributed by atoms with Gasteiger partial charge < -0.3 is 15.5 Å². The number of rotatable bonds is 6. The van der Waals surface area contributed by atoms with E-state index in [9.17, 15) is 14.4 Å². The lowest BCUT2D eigenvalue weighted by atomic mass is 9.88. The molecular weight excluding hydrogens is 452 g/mol. The SMILES string of the molecule is CCC(=O)N1c2ccc(C)cc2[C@H](N(C(=O)CN2CCC(C(N)=O)CC2)c2ccc(C)cc2)C[C@@H]1C. The van der Waals surface area contributed by atoms with Crippen LogP contribution < -0.4 is 15.5 Å². The number of carbonyl (C=O) groups is 3. The highest BCUT2D eigenvalue weighted by molar-refractivity contribution is 5.98. The fourth-order valence-electron chi connectivity index (χ4n) is 5.59. The van der Waals surface area contributed by atoms with Crippen molar-refractivity contribution in [3.63, 3.8) is 0 Å². The van der Waals surface area contributed by atoms with Crippen molar-refractivity contribution in [2.45, 2.75) is 65.5 Å². The van der Waals surface area contributed by atoms with Crippen molar-refractivity contribution in [1.29, 1.82) is 0 Å². The van der Waals surface area contributed by atoms with Crippen LogP contribution >= 0.6 is 0 Å². The molecule has 2 aliphatic rings. The van der Waals surface area contributed by atoms with Gasteiger partial charge in [0.15, 0.2) is 0 Å². The molecule has 1 fully saturated rings. The zero-order chi connectivity index (χ0) is 26.0. The quantitative estimate of drug-likeness (QED) is 0.660. The third-order valence-corrected chi connectivity index (χ3v) is 7.62. The average Bonchev–Trinajstić information content (AvgIpc) is 2.85. The molecule has 4 rings (SSSR count). The number of hydrogen-bond acceptors (Lipinski definition) is 4. The topological polar surface area (TPSA) is 87.0 Å². The number of aryl methyl sites for hydroxylation is 2. The summed E-state index contributed by atoms with van der Waals surface area (Å²) in [6.45, 7) is 9.67. The van der Waals surface area contributed by atoms with E-state index in [4.69, 9.17) is 5.73 Å². The van der Waals surface area contributed by atoms with Crippen LogP contribution in [0.2, 0.25) is 0 Å². The second kappa shape index (κ2) is 10.8. The fourth-order valence-corrected chi connectivity index (χ4v) is 5.59. The van der Waals surface area contributed by atoms with Crippen LogP contribution in [0.25, 0.3) is 0 Å². The number of carbonyl (C=O) groups excluding carboxylic acids is 3. The summed E-state index contributed by atoms with van der Waals surface area (Å²) >= 11 is 0. The lowest BCUT2D eigenvalue weighted by Gasteiger charge is -2.44. The maximum atomic E-state index is 14.0. The molecule has 0 bridgehead atoms. The minimum atomic E-state index is -0.253. The molecule has 0 aromatic heterocycles. The van der Waals surface area contributed by atoms with Gasteiger partial charge in [0.05, 0.1) is 12.6 Å². The number of amides is 3. The summed E-state index contributed by atoms with van der Waals surface area (Å²) in [6, 6.07) is 14.0. The van der Waals surface area contributed by atoms with E-state index in [2.05, 4.69) is 17.9 Å². The Morgan fingerprint density at radius 1 is 1.00 bits per heavy atom. The van der Waals surface area contributed by atoms with Gasteiger partial charge in [-0.15, -0.1) is 0 Å². The number of primary amides is 1. The predicted octanol–water partition coefficient (Wildman–Crippen LogP) is 4.11. The van der Waals surface area contributed by atoms with Gasteiger partial charge in [-0.3, -0.25) is 19.3 Å². The molecular formula is C29H38N4O3. The van der Waals surface area contributed by atoms with Gasteiger partial charge in [0.1, 0.15) is 0 Å². The van der Waals surface area contributed by atoms with Crippen LogP contribution in [0.1, 0.15) is 62.3 Å². The molecule has 2 atom stereocenters. The molecule has 2 aromatic rings. The molecule has 192 valence electrons. The minimum Gasteiger partial charge on any atom is -0.369 e. The highest BCUT2D eigenvalue weighted by atomic mass is 16.2. The van der Waals surface area contributed by atoms with Crippen LogP contribution in [0.5, 0.6) is 0 Å². The maximum Gasteiger partial charge on any atom is 0.241 e. The number of hydrogen-bond donors (Lipinski definition) is 1. The highest BCUT2D eigenvalue weighted by Gasteiger charge is 2.39. The van der Waals surface area contributed by atoms with E-state index in [0.717, 1.165) is 28.1 Å². The number of nitrogens with zero attached hydrogens (tertiary/aromatic N) is 3. The zero-order valence-corrected chi connectivity index (χ0v) is 21.9. The standard InChI is InChI=1S/C29H38N4O3/c1-5-27(34)32-21(4)17-26(24-16-20(3)8-11-25(24)32)33(23-9-6-19(2)7-10-23)28(35)18-31-14-12-22(13-15-31)29(30)36/h6-11,16,21-22,26H,5,12-15,17-18H2,1-4H3,(H2,30,36)/t21-,26+/m0/s1. The molecule has 0 unspecified atom stereocenters. The van der Waals surface area contributed by atoms with E-state index in [-0.39, 0.29) is 42.3 Å². The van der Waals surface area contributed by atoms with Gasteiger partial charge in [-0.25, -0.2) is 0 Å². The van der Waals surface area contributed by atoms with Crippen molar-refractivity contribution in [3.05, 3.63) is 59.2 Å². The third kappa shape index (κ3) is 5.31. The van der Waals surface area contributed by atoms with Crippen LogP contribution in [0.15, 0.2) is 42.5 Å². The molecule has 2 aliphatic heterocycles. The second-order valence-electron chi connectivity index (χ2n) is 10.3. The van der Waals surface area contributed by atoms with E-state index in [1.165, 1.54) is 0 Å². The second-order valence-corrected chi connectivity index (χ2v) is 10.3. The summed E-state index contributed by atoms with van der Waals surface area (Å²) in [5, 5.41) is 0. The lowest BCUT2D eigenvalue weighted by Crippen LogP contribution is -2.50. The normalized spacial score (nSPS) is 20.6. The Kier molecular flexibility index (Phi) is 7.79. The third-order valence-electron chi connectivity index (χ3n) is 7.62. The number of fused-ring (bicyclic) bond motifs is 1. The van der Waals surface area contributed by atoms with Crippen molar-refractivity contribution in [3.8, 4) is 0 Å². The van der Waals surface area contributed by atoms with Crippen LogP contribution in [0.4, 0.5) is 11.4 Å². The number of piperidine rings is 1. The first-order valence-corrected chi connectivity index (χ1v) is 13.0. The highest BCUT2D eigenvalue weighted by Crippen LogP contribution is 2.43. The average molecular weight is 491 g/mol. The summed E-state index contributed by atoms with van der Waals surface area (Å²) in [7, 11) is 0. The monoisotopic (exact) mass is 490 g/mol. The minimum absolute atomic E-state index is 0.0244. The van der Waals surface area contributed by atoms with Gasteiger partial charge in [0.2, 0.25) is 17.7 Å². The molecule has 3 amide bonds. The first-order chi connectivity index (χ1) is 17.2. The van der Waals surface area contributed by atoms with Gasteiger partial charge in [-0.1, -0.05) is 42.3 Å². The van der Waals surface area contributed by atoms with Crippen molar-refractivity contribution < 1.29 is 14.4 Å². The number of benzene rings is 2. The first kappa shape index (κ1) is 25.9. The Labute approximate surface area is 214 Å². The van der Waals surface area contributed by atoms with Crippen LogP contribution in [0.3, 0.4) is 0 Å². The first-order valence-electron chi connectivity index (χ1n) is 13.0. The molecule has 2 aromatic carbocycles. The van der Waals surface area contributed by atoms with E-state index in [1.54, 1.807) is 0 Å². The summed E-state index contributed by atoms with van der Waals surface area (Å²) in [5.74, 6) is -0.245. The van der Waals surface area contributed by atoms with E-state index in [0.29, 0.717) is 38.8 Å². The van der Waals surface area contributed by atoms with Gasteiger partial charge >= 0.3 is 0 Å². The Morgan fingerprint density at radius 2 is 1.64 bits per heavy atom. The predicted molar refractivity (Wildman–Crippen MR) is 143 cm³/mol. The molecule has 7 heteroatoms. The number of likely N-dealkylation sites (tertiary alicyclic amines) is 1. The molecule has 2 N–H and O–H groups in total.